The Morgan fingerprint density at radius 1 is 1.12 bits per heavy atom. The van der Waals surface area contributed by atoms with Gasteiger partial charge in [-0.25, -0.2) is 0 Å². The van der Waals surface area contributed by atoms with Gasteiger partial charge in [-0.3, -0.25) is 0 Å². The Labute approximate surface area is 176 Å². The topological polar surface area (TPSA) is 4.93 Å². The summed E-state index contributed by atoms with van der Waals surface area (Å²) in [6.07, 6.45) is 12.8. The Morgan fingerprint density at radius 2 is 1.92 bits per heavy atom. The summed E-state index contributed by atoms with van der Waals surface area (Å²) in [5.74, 6) is 0. The molecule has 2 aromatic rings. The molecule has 0 saturated carbocycles. The fourth-order valence-corrected chi connectivity index (χ4v) is 7.33. The molecule has 0 aliphatic heterocycles. The summed E-state index contributed by atoms with van der Waals surface area (Å²) in [6, 6.07) is 11.2. The molecule has 0 N–H and O–H groups in total. The molecule has 0 fully saturated rings. The summed E-state index contributed by atoms with van der Waals surface area (Å²) in [5.41, 5.74) is 7.15. The van der Waals surface area contributed by atoms with Gasteiger partial charge in [-0.05, 0) is 0 Å². The maximum absolute atomic E-state index is 2.42. The molecular formula is C20H19Br2NZr. The first kappa shape index (κ1) is 19.9. The van der Waals surface area contributed by atoms with Crippen LogP contribution in [0.2, 0.25) is 0 Å². The van der Waals surface area contributed by atoms with E-state index >= 15 is 0 Å². The van der Waals surface area contributed by atoms with Crippen LogP contribution in [0.5, 0.6) is 0 Å². The molecule has 4 rings (SSSR count). The first-order valence-electron chi connectivity index (χ1n) is 7.81. The molecule has 1 atom stereocenters. The van der Waals surface area contributed by atoms with Crippen molar-refractivity contribution in [1.29, 1.82) is 0 Å². The zero-order valence-corrected chi connectivity index (χ0v) is 19.4. The molecule has 2 aliphatic rings. The number of aromatic nitrogens is 1. The molecular weight excluding hydrogens is 505 g/mol. The van der Waals surface area contributed by atoms with Gasteiger partial charge in [0.2, 0.25) is 0 Å². The van der Waals surface area contributed by atoms with Crippen molar-refractivity contribution < 1.29 is 57.2 Å². The van der Waals surface area contributed by atoms with Crippen molar-refractivity contribution in [1.82, 2.24) is 4.57 Å². The predicted molar refractivity (Wildman–Crippen MR) is 89.1 cm³/mol. The third-order valence-corrected chi connectivity index (χ3v) is 8.46. The Morgan fingerprint density at radius 3 is 2.58 bits per heavy atom. The zero-order chi connectivity index (χ0) is 15.1. The molecule has 1 heterocycles. The molecule has 1 unspecified atom stereocenters. The number of nitrogens with zero attached hydrogens (tertiary/aromatic N) is 1. The normalized spacial score (nSPS) is 17.3. The second-order valence-electron chi connectivity index (χ2n) is 6.13. The third kappa shape index (κ3) is 3.71. The van der Waals surface area contributed by atoms with Gasteiger partial charge in [0.25, 0.3) is 0 Å². The molecule has 0 bridgehead atoms. The van der Waals surface area contributed by atoms with Crippen molar-refractivity contribution in [3.05, 3.63) is 80.4 Å². The maximum atomic E-state index is 2.42. The molecule has 2 aliphatic carbocycles. The standard InChI is InChI=1S/C15H14N.C5H5.2BrH.Zr/c1-11-7-12(2)16(10-11)15-8-13-5-3-4-6-14(13)9-15;1-2-4-5-3-1;;;/h3-10H,1-2H3;1-3H,4H2;2*1H;/q;;;;+2/p-2. The van der Waals surface area contributed by atoms with Crippen LogP contribution in [-0.4, -0.2) is 4.57 Å². The largest absolute Gasteiger partial charge is 1.00 e. The average molecular weight is 524 g/mol. The zero-order valence-electron chi connectivity index (χ0n) is 13.8. The van der Waals surface area contributed by atoms with Gasteiger partial charge >= 0.3 is 144 Å². The van der Waals surface area contributed by atoms with Crippen molar-refractivity contribution in [3.8, 4) is 0 Å². The quantitative estimate of drug-likeness (QED) is 0.491. The van der Waals surface area contributed by atoms with Crippen LogP contribution in [0.15, 0.2) is 58.0 Å². The van der Waals surface area contributed by atoms with E-state index < -0.39 is 23.2 Å². The average Bonchev–Trinajstić information content (AvgIpc) is 3.20. The molecule has 122 valence electrons. The number of rotatable bonds is 3. The minimum absolute atomic E-state index is 0. The van der Waals surface area contributed by atoms with Gasteiger partial charge in [0.15, 0.2) is 0 Å². The second-order valence-corrected chi connectivity index (χ2v) is 9.84. The Balaban J connectivity index is 0.00000104. The molecule has 4 heteroatoms. The minimum Gasteiger partial charge on any atom is -1.00 e. The molecule has 1 nitrogen and oxygen atoms in total. The number of halogens is 2. The van der Waals surface area contributed by atoms with Crippen molar-refractivity contribution in [2.24, 2.45) is 0 Å². The number of fused-ring (bicyclic) bond motifs is 1. The van der Waals surface area contributed by atoms with Crippen molar-refractivity contribution >= 4 is 11.8 Å². The van der Waals surface area contributed by atoms with E-state index in [1.165, 1.54) is 28.9 Å². The van der Waals surface area contributed by atoms with Gasteiger partial charge in [0.1, 0.15) is 0 Å². The number of hydrogen-bond acceptors (Lipinski definition) is 0. The first-order valence-corrected chi connectivity index (χ1v) is 10.5. The molecule has 0 amide bonds. The number of aryl methyl sites for hydroxylation is 2. The minimum atomic E-state index is -0.658. The Kier molecular flexibility index (Phi) is 6.87. The van der Waals surface area contributed by atoms with E-state index in [1.54, 1.807) is 8.84 Å². The fraction of sp³-hybridized carbons (Fsp3) is 0.200. The van der Waals surface area contributed by atoms with Crippen LogP contribution in [0, 0.1) is 13.8 Å². The molecule has 0 radical (unpaired) electrons. The van der Waals surface area contributed by atoms with Gasteiger partial charge in [-0.2, -0.15) is 0 Å². The monoisotopic (exact) mass is 521 g/mol. The summed E-state index contributed by atoms with van der Waals surface area (Å²) in [5, 5.41) is 0. The second kappa shape index (κ2) is 8.30. The number of benzene rings is 1. The van der Waals surface area contributed by atoms with Crippen LogP contribution < -0.4 is 34.0 Å². The van der Waals surface area contributed by atoms with Crippen molar-refractivity contribution in [2.75, 3.05) is 0 Å². The van der Waals surface area contributed by atoms with Gasteiger partial charge in [-0.1, -0.05) is 0 Å². The summed E-state index contributed by atoms with van der Waals surface area (Å²) >= 11 is -0.658. The smallest absolute Gasteiger partial charge is 1.00 e. The molecule has 1 aromatic heterocycles. The van der Waals surface area contributed by atoms with Crippen LogP contribution in [0.4, 0.5) is 0 Å². The van der Waals surface area contributed by atoms with Gasteiger partial charge in [0, 0.05) is 0 Å². The van der Waals surface area contributed by atoms with Crippen LogP contribution in [0.25, 0.3) is 11.8 Å². The summed E-state index contributed by atoms with van der Waals surface area (Å²) in [6.45, 7) is 4.40. The molecule has 24 heavy (non-hydrogen) atoms. The van der Waals surface area contributed by atoms with Crippen LogP contribution in [-0.2, 0) is 23.2 Å². The van der Waals surface area contributed by atoms with Crippen molar-refractivity contribution in [3.63, 3.8) is 0 Å². The Bertz CT molecular complexity index is 830. The van der Waals surface area contributed by atoms with Crippen molar-refractivity contribution in [2.45, 2.75) is 23.9 Å². The van der Waals surface area contributed by atoms with Gasteiger partial charge in [-0.15, -0.1) is 0 Å². The summed E-state index contributed by atoms with van der Waals surface area (Å²) in [4.78, 5) is 0. The van der Waals surface area contributed by atoms with Crippen LogP contribution in [0.3, 0.4) is 0 Å². The van der Waals surface area contributed by atoms with E-state index in [0.717, 1.165) is 0 Å². The van der Waals surface area contributed by atoms with E-state index in [-0.39, 0.29) is 34.0 Å². The maximum Gasteiger partial charge on any atom is -1.00 e. The van der Waals surface area contributed by atoms with E-state index in [0.29, 0.717) is 3.63 Å². The predicted octanol–water partition coefficient (Wildman–Crippen LogP) is -0.908. The van der Waals surface area contributed by atoms with Gasteiger partial charge < -0.3 is 34.0 Å². The van der Waals surface area contributed by atoms with Crippen LogP contribution >= 0.6 is 0 Å². The summed E-state index contributed by atoms with van der Waals surface area (Å²) in [7, 11) is 0. The Hall–Kier alpha value is -0.437. The van der Waals surface area contributed by atoms with E-state index in [4.69, 9.17) is 0 Å². The number of allylic oxidation sites excluding steroid dienone is 5. The van der Waals surface area contributed by atoms with Gasteiger partial charge in [0.05, 0.1) is 0 Å². The van der Waals surface area contributed by atoms with E-state index in [1.807, 2.05) is 0 Å². The molecule has 1 aromatic carbocycles. The number of hydrogen-bond donors (Lipinski definition) is 0. The van der Waals surface area contributed by atoms with E-state index in [2.05, 4.69) is 79.2 Å². The fourth-order valence-electron chi connectivity index (χ4n) is 3.43. The third-order valence-electron chi connectivity index (χ3n) is 4.43. The molecule has 0 saturated heterocycles. The van der Waals surface area contributed by atoms with Crippen LogP contribution in [0.1, 0.15) is 32.4 Å². The first-order chi connectivity index (χ1) is 10.7. The summed E-state index contributed by atoms with van der Waals surface area (Å²) < 4.78 is 4.76. The molecule has 0 spiro atoms. The van der Waals surface area contributed by atoms with E-state index in [9.17, 15) is 0 Å². The SMILES string of the molecule is Cc1cc(C)n(C2=Cc3ccccc3[CH]2[Zr+2][C]2=CC=CC2)c1.[Br-].[Br-].